The highest BCUT2D eigenvalue weighted by Gasteiger charge is 2.40. The van der Waals surface area contributed by atoms with Crippen molar-refractivity contribution in [2.24, 2.45) is 11.7 Å². The number of carbonyl (C=O) groups excluding carboxylic acids is 1. The van der Waals surface area contributed by atoms with Gasteiger partial charge in [0.15, 0.2) is 0 Å². The largest absolute Gasteiger partial charge is 0.411 e. The van der Waals surface area contributed by atoms with Crippen molar-refractivity contribution in [3.05, 3.63) is 0 Å². The SMILES string of the molecule is NCCNC(=O)C1CC(OCC(F)(F)F)CCC1OCC(F)(F)F. The zero-order valence-corrected chi connectivity index (χ0v) is 12.8. The van der Waals surface area contributed by atoms with Crippen LogP contribution in [-0.4, -0.2) is 56.8 Å². The van der Waals surface area contributed by atoms with Gasteiger partial charge in [-0.15, -0.1) is 0 Å². The van der Waals surface area contributed by atoms with E-state index in [9.17, 15) is 31.1 Å². The van der Waals surface area contributed by atoms with Gasteiger partial charge in [0.05, 0.1) is 18.1 Å². The Morgan fingerprint density at radius 1 is 1.04 bits per heavy atom. The second-order valence-electron chi connectivity index (χ2n) is 5.51. The van der Waals surface area contributed by atoms with Crippen LogP contribution >= 0.6 is 0 Å². The van der Waals surface area contributed by atoms with E-state index in [1.54, 1.807) is 0 Å². The van der Waals surface area contributed by atoms with Crippen LogP contribution < -0.4 is 11.1 Å². The van der Waals surface area contributed by atoms with Crippen molar-refractivity contribution < 1.29 is 40.6 Å². The van der Waals surface area contributed by atoms with Crippen LogP contribution in [-0.2, 0) is 14.3 Å². The van der Waals surface area contributed by atoms with Gasteiger partial charge >= 0.3 is 12.4 Å². The number of hydrogen-bond donors (Lipinski definition) is 2. The lowest BCUT2D eigenvalue weighted by Gasteiger charge is -2.35. The Kier molecular flexibility index (Phi) is 7.74. The monoisotopic (exact) mass is 366 g/mol. The highest BCUT2D eigenvalue weighted by molar-refractivity contribution is 5.79. The summed E-state index contributed by atoms with van der Waals surface area (Å²) >= 11 is 0. The molecule has 5 nitrogen and oxygen atoms in total. The minimum atomic E-state index is -4.55. The number of nitrogens with one attached hydrogen (secondary N) is 1. The normalized spacial score (nSPS) is 25.5. The van der Waals surface area contributed by atoms with E-state index in [2.05, 4.69) is 5.32 Å². The molecule has 0 spiro atoms. The predicted molar refractivity (Wildman–Crippen MR) is 71.0 cm³/mol. The summed E-state index contributed by atoms with van der Waals surface area (Å²) in [5.41, 5.74) is 5.24. The Morgan fingerprint density at radius 3 is 2.17 bits per heavy atom. The maximum atomic E-state index is 12.3. The fourth-order valence-electron chi connectivity index (χ4n) is 2.47. The van der Waals surface area contributed by atoms with Crippen molar-refractivity contribution in [3.63, 3.8) is 0 Å². The van der Waals surface area contributed by atoms with Crippen molar-refractivity contribution >= 4 is 5.91 Å². The summed E-state index contributed by atoms with van der Waals surface area (Å²) in [4.78, 5) is 12.0. The molecule has 0 aromatic carbocycles. The summed E-state index contributed by atoms with van der Waals surface area (Å²) in [7, 11) is 0. The minimum Gasteiger partial charge on any atom is -0.369 e. The van der Waals surface area contributed by atoms with Crippen molar-refractivity contribution in [2.45, 2.75) is 43.8 Å². The first-order valence-electron chi connectivity index (χ1n) is 7.36. The average molecular weight is 366 g/mol. The number of ether oxygens (including phenoxy) is 2. The van der Waals surface area contributed by atoms with Crippen LogP contribution in [0, 0.1) is 5.92 Å². The van der Waals surface area contributed by atoms with Gasteiger partial charge < -0.3 is 20.5 Å². The number of nitrogens with two attached hydrogens (primary N) is 1. The van der Waals surface area contributed by atoms with Crippen LogP contribution in [0.15, 0.2) is 0 Å². The van der Waals surface area contributed by atoms with Gasteiger partial charge in [-0.3, -0.25) is 4.79 Å². The molecular weight excluding hydrogens is 346 g/mol. The number of carbonyl (C=O) groups is 1. The summed E-state index contributed by atoms with van der Waals surface area (Å²) < 4.78 is 82.9. The molecule has 0 aromatic heterocycles. The van der Waals surface area contributed by atoms with E-state index in [1.165, 1.54) is 0 Å². The van der Waals surface area contributed by atoms with Crippen LogP contribution in [0.2, 0.25) is 0 Å². The zero-order chi connectivity index (χ0) is 18.4. The van der Waals surface area contributed by atoms with Gasteiger partial charge in [0.1, 0.15) is 13.2 Å². The lowest BCUT2D eigenvalue weighted by Crippen LogP contribution is -2.46. The third kappa shape index (κ3) is 8.15. The molecule has 1 rings (SSSR count). The van der Waals surface area contributed by atoms with Gasteiger partial charge in [-0.05, 0) is 19.3 Å². The zero-order valence-electron chi connectivity index (χ0n) is 12.8. The van der Waals surface area contributed by atoms with Crippen molar-refractivity contribution in [3.8, 4) is 0 Å². The van der Waals surface area contributed by atoms with Crippen LogP contribution in [0.4, 0.5) is 26.3 Å². The first-order valence-corrected chi connectivity index (χ1v) is 7.36. The highest BCUT2D eigenvalue weighted by atomic mass is 19.4. The Bertz CT molecular complexity index is 402. The van der Waals surface area contributed by atoms with Crippen LogP contribution in [0.1, 0.15) is 19.3 Å². The van der Waals surface area contributed by atoms with Gasteiger partial charge in [-0.25, -0.2) is 0 Å². The van der Waals surface area contributed by atoms with E-state index in [-0.39, 0.29) is 32.4 Å². The van der Waals surface area contributed by atoms with Crippen molar-refractivity contribution in [1.82, 2.24) is 5.32 Å². The Labute approximate surface area is 134 Å². The number of alkyl halides is 6. The molecule has 142 valence electrons. The molecule has 0 aliphatic heterocycles. The summed E-state index contributed by atoms with van der Waals surface area (Å²) in [5, 5.41) is 2.42. The average Bonchev–Trinajstić information content (AvgIpc) is 2.47. The minimum absolute atomic E-state index is 0.000679. The summed E-state index contributed by atoms with van der Waals surface area (Å²) in [6, 6.07) is 0. The molecular formula is C13H20F6N2O3. The van der Waals surface area contributed by atoms with Gasteiger partial charge in [0.2, 0.25) is 5.91 Å². The van der Waals surface area contributed by atoms with E-state index in [1.807, 2.05) is 0 Å². The molecule has 0 bridgehead atoms. The van der Waals surface area contributed by atoms with Gasteiger partial charge in [-0.1, -0.05) is 0 Å². The molecule has 3 unspecified atom stereocenters. The standard InChI is InChI=1S/C13H20F6N2O3/c14-12(15,16)6-23-8-1-2-10(24-7-13(17,18)19)9(5-8)11(22)21-4-3-20/h8-10H,1-7,20H2,(H,21,22). The molecule has 3 atom stereocenters. The van der Waals surface area contributed by atoms with Gasteiger partial charge in [0.25, 0.3) is 0 Å². The maximum Gasteiger partial charge on any atom is 0.411 e. The fraction of sp³-hybridized carbons (Fsp3) is 0.923. The molecule has 0 saturated heterocycles. The lowest BCUT2D eigenvalue weighted by molar-refractivity contribution is -0.208. The molecule has 1 saturated carbocycles. The van der Waals surface area contributed by atoms with Crippen LogP contribution in [0.5, 0.6) is 0 Å². The molecule has 1 fully saturated rings. The maximum absolute atomic E-state index is 12.3. The number of rotatable bonds is 7. The molecule has 3 N–H and O–H groups in total. The van der Waals surface area contributed by atoms with E-state index in [4.69, 9.17) is 15.2 Å². The molecule has 1 aliphatic carbocycles. The Morgan fingerprint density at radius 2 is 1.62 bits per heavy atom. The third-order valence-corrected chi connectivity index (χ3v) is 3.46. The van der Waals surface area contributed by atoms with Crippen molar-refractivity contribution in [1.29, 1.82) is 0 Å². The van der Waals surface area contributed by atoms with E-state index in [0.29, 0.717) is 0 Å². The summed E-state index contributed by atoms with van der Waals surface area (Å²) in [6.45, 7) is -2.76. The first-order chi connectivity index (χ1) is 11.0. The van der Waals surface area contributed by atoms with Crippen molar-refractivity contribution in [2.75, 3.05) is 26.3 Å². The first kappa shape index (κ1) is 21.0. The molecule has 0 aromatic rings. The second kappa shape index (κ2) is 8.86. The van der Waals surface area contributed by atoms with Crippen LogP contribution in [0.25, 0.3) is 0 Å². The third-order valence-electron chi connectivity index (χ3n) is 3.46. The topological polar surface area (TPSA) is 73.6 Å². The van der Waals surface area contributed by atoms with Gasteiger partial charge in [-0.2, -0.15) is 26.3 Å². The number of halogens is 6. The Balaban J connectivity index is 2.66. The van der Waals surface area contributed by atoms with Crippen LogP contribution in [0.3, 0.4) is 0 Å². The summed E-state index contributed by atoms with van der Waals surface area (Å²) in [6.07, 6.45) is -11.0. The quantitative estimate of drug-likeness (QED) is 0.674. The number of amides is 1. The Hall–Kier alpha value is -1.07. The van der Waals surface area contributed by atoms with E-state index >= 15 is 0 Å². The highest BCUT2D eigenvalue weighted by Crippen LogP contribution is 2.31. The van der Waals surface area contributed by atoms with E-state index < -0.39 is 49.6 Å². The summed E-state index contributed by atoms with van der Waals surface area (Å²) in [5.74, 6) is -1.63. The molecule has 1 amide bonds. The van der Waals surface area contributed by atoms with Gasteiger partial charge in [0, 0.05) is 13.1 Å². The smallest absolute Gasteiger partial charge is 0.369 e. The molecule has 1 aliphatic rings. The predicted octanol–water partition coefficient (Wildman–Crippen LogP) is 1.76. The molecule has 0 heterocycles. The number of hydrogen-bond acceptors (Lipinski definition) is 4. The lowest BCUT2D eigenvalue weighted by atomic mass is 9.83. The molecule has 11 heteroatoms. The van der Waals surface area contributed by atoms with E-state index in [0.717, 1.165) is 0 Å². The molecule has 24 heavy (non-hydrogen) atoms. The second-order valence-corrected chi connectivity index (χ2v) is 5.51. The fourth-order valence-corrected chi connectivity index (χ4v) is 2.47. The molecule has 0 radical (unpaired) electrons.